The predicted molar refractivity (Wildman–Crippen MR) is 184 cm³/mol. The summed E-state index contributed by atoms with van der Waals surface area (Å²) in [5.74, 6) is 1.65. The van der Waals surface area contributed by atoms with Gasteiger partial charge >= 0.3 is 0 Å². The van der Waals surface area contributed by atoms with Crippen molar-refractivity contribution in [3.63, 3.8) is 0 Å². The van der Waals surface area contributed by atoms with Crippen molar-refractivity contribution in [1.29, 1.82) is 5.26 Å². The minimum atomic E-state index is -1.23. The van der Waals surface area contributed by atoms with Gasteiger partial charge in [-0.1, -0.05) is 57.5 Å². The van der Waals surface area contributed by atoms with E-state index < -0.39 is 16.1 Å². The molecule has 5 rings (SSSR count). The first-order chi connectivity index (χ1) is 21.0. The highest BCUT2D eigenvalue weighted by atomic mass is 28.3. The fourth-order valence-corrected chi connectivity index (χ4v) is 7.27. The van der Waals surface area contributed by atoms with E-state index in [0.717, 1.165) is 83.8 Å². The van der Waals surface area contributed by atoms with Crippen LogP contribution in [0.15, 0.2) is 48.8 Å². The molecule has 1 saturated carbocycles. The lowest BCUT2D eigenvalue weighted by Gasteiger charge is -2.27. The zero-order valence-corrected chi connectivity index (χ0v) is 29.3. The lowest BCUT2D eigenvalue weighted by molar-refractivity contribution is 0.0942. The second kappa shape index (κ2) is 13.9. The standard InChI is InChI=1S/C34H48N6O2Si2/c1-43(2,3)17-15-41-24-39(25-42-16-18-44(4,5)6)33-21-32(28-12-11-26(19-28)13-14-35)38-34-30(23-37-40(33)34)29-20-27-9-7-8-10-31(27)36-22-29/h7-10,20-23,26,28H,11-13,15-19,24-25H2,1-6H3. The molecule has 4 aromatic rings. The van der Waals surface area contributed by atoms with E-state index in [0.29, 0.717) is 31.7 Å². The van der Waals surface area contributed by atoms with Gasteiger partial charge in [-0.15, -0.1) is 0 Å². The number of nitrogens with zero attached hydrogens (tertiary/aromatic N) is 6. The molecule has 234 valence electrons. The van der Waals surface area contributed by atoms with Gasteiger partial charge in [0.25, 0.3) is 0 Å². The highest BCUT2D eigenvalue weighted by molar-refractivity contribution is 6.76. The Morgan fingerprint density at radius 2 is 1.66 bits per heavy atom. The van der Waals surface area contributed by atoms with Gasteiger partial charge in [0.15, 0.2) is 5.65 Å². The van der Waals surface area contributed by atoms with Gasteiger partial charge in [0, 0.05) is 76.2 Å². The van der Waals surface area contributed by atoms with Crippen molar-refractivity contribution in [3.8, 4) is 17.2 Å². The molecule has 2 unspecified atom stereocenters. The highest BCUT2D eigenvalue weighted by Gasteiger charge is 2.29. The molecule has 1 aliphatic rings. The molecule has 3 aromatic heterocycles. The Labute approximate surface area is 264 Å². The number of benzene rings is 1. The number of ether oxygens (including phenoxy) is 2. The fourth-order valence-electron chi connectivity index (χ4n) is 5.76. The summed E-state index contributed by atoms with van der Waals surface area (Å²) in [5.41, 5.74) is 4.78. The zero-order chi connectivity index (χ0) is 31.3. The summed E-state index contributed by atoms with van der Waals surface area (Å²) >= 11 is 0. The van der Waals surface area contributed by atoms with E-state index in [9.17, 15) is 5.26 Å². The van der Waals surface area contributed by atoms with E-state index in [4.69, 9.17) is 24.5 Å². The number of nitriles is 1. The number of para-hydroxylation sites is 1. The maximum absolute atomic E-state index is 9.34. The van der Waals surface area contributed by atoms with Gasteiger partial charge in [0.05, 0.1) is 17.8 Å². The third kappa shape index (κ3) is 8.33. The molecule has 0 saturated heterocycles. The molecule has 0 radical (unpaired) electrons. The van der Waals surface area contributed by atoms with Gasteiger partial charge < -0.3 is 14.4 Å². The van der Waals surface area contributed by atoms with Crippen LogP contribution in [0.1, 0.15) is 37.3 Å². The third-order valence-electron chi connectivity index (χ3n) is 8.52. The number of hydrogen-bond acceptors (Lipinski definition) is 7. The fraction of sp³-hybridized carbons (Fsp3) is 0.529. The maximum Gasteiger partial charge on any atom is 0.165 e. The lowest BCUT2D eigenvalue weighted by Crippen LogP contribution is -2.33. The van der Waals surface area contributed by atoms with E-state index in [1.807, 2.05) is 35.1 Å². The number of hydrogen-bond donors (Lipinski definition) is 0. The number of rotatable bonds is 14. The number of fused-ring (bicyclic) bond motifs is 2. The molecule has 10 heteroatoms. The van der Waals surface area contributed by atoms with Crippen LogP contribution in [0, 0.1) is 17.2 Å². The van der Waals surface area contributed by atoms with Crippen molar-refractivity contribution < 1.29 is 9.47 Å². The largest absolute Gasteiger partial charge is 0.361 e. The minimum absolute atomic E-state index is 0.303. The van der Waals surface area contributed by atoms with E-state index in [1.54, 1.807) is 0 Å². The summed E-state index contributed by atoms with van der Waals surface area (Å²) in [6.45, 7) is 16.6. The molecule has 1 aromatic carbocycles. The van der Waals surface area contributed by atoms with Crippen LogP contribution in [0.5, 0.6) is 0 Å². The molecule has 2 atom stereocenters. The lowest BCUT2D eigenvalue weighted by atomic mass is 9.99. The second-order valence-electron chi connectivity index (χ2n) is 14.7. The van der Waals surface area contributed by atoms with Gasteiger partial charge in [-0.25, -0.2) is 4.98 Å². The van der Waals surface area contributed by atoms with Crippen LogP contribution in [0.25, 0.3) is 27.7 Å². The molecule has 1 aliphatic carbocycles. The first kappa shape index (κ1) is 32.3. The van der Waals surface area contributed by atoms with Gasteiger partial charge in [0.1, 0.15) is 19.3 Å². The van der Waals surface area contributed by atoms with Crippen molar-refractivity contribution in [1.82, 2.24) is 19.6 Å². The monoisotopic (exact) mass is 628 g/mol. The Morgan fingerprint density at radius 1 is 0.955 bits per heavy atom. The molecule has 0 N–H and O–H groups in total. The predicted octanol–water partition coefficient (Wildman–Crippen LogP) is 8.17. The Bertz CT molecular complexity index is 1580. The van der Waals surface area contributed by atoms with Crippen LogP contribution in [0.3, 0.4) is 0 Å². The molecular weight excluding hydrogens is 581 g/mol. The highest BCUT2D eigenvalue weighted by Crippen LogP contribution is 2.40. The quantitative estimate of drug-likeness (QED) is 0.0790. The SMILES string of the molecule is C[Si](C)(C)CCOCN(COCC[Si](C)(C)C)c1cc(C2CCC(CC#N)C2)nc2c(-c3cnc4ccccc4c3)cnn12. The molecule has 0 aliphatic heterocycles. The molecule has 8 nitrogen and oxygen atoms in total. The molecule has 0 bridgehead atoms. The van der Waals surface area contributed by atoms with Crippen molar-refractivity contribution in [2.24, 2.45) is 5.92 Å². The van der Waals surface area contributed by atoms with Crippen molar-refractivity contribution >= 4 is 38.5 Å². The van der Waals surface area contributed by atoms with Crippen LogP contribution >= 0.6 is 0 Å². The molecular formula is C34H48N6O2Si2. The Hall–Kier alpha value is -3.11. The summed E-state index contributed by atoms with van der Waals surface area (Å²) in [7, 11) is -2.45. The van der Waals surface area contributed by atoms with Gasteiger partial charge in [-0.2, -0.15) is 14.9 Å². The van der Waals surface area contributed by atoms with Crippen LogP contribution in [-0.2, 0) is 9.47 Å². The van der Waals surface area contributed by atoms with Crippen molar-refractivity contribution in [3.05, 3.63) is 54.5 Å². The first-order valence-electron chi connectivity index (χ1n) is 16.0. The molecule has 44 heavy (non-hydrogen) atoms. The summed E-state index contributed by atoms with van der Waals surface area (Å²) in [4.78, 5) is 12.2. The van der Waals surface area contributed by atoms with Crippen LogP contribution in [0.4, 0.5) is 5.82 Å². The molecule has 3 heterocycles. The minimum Gasteiger partial charge on any atom is -0.361 e. The second-order valence-corrected chi connectivity index (χ2v) is 26.0. The first-order valence-corrected chi connectivity index (χ1v) is 23.4. The van der Waals surface area contributed by atoms with Crippen molar-refractivity contribution in [2.45, 2.75) is 83.0 Å². The van der Waals surface area contributed by atoms with Gasteiger partial charge in [0.2, 0.25) is 0 Å². The summed E-state index contributed by atoms with van der Waals surface area (Å²) in [5, 5.41) is 15.3. The smallest absolute Gasteiger partial charge is 0.165 e. The average molecular weight is 629 g/mol. The number of aromatic nitrogens is 4. The summed E-state index contributed by atoms with van der Waals surface area (Å²) < 4.78 is 14.6. The Balaban J connectivity index is 1.53. The molecule has 0 amide bonds. The van der Waals surface area contributed by atoms with E-state index >= 15 is 0 Å². The number of pyridine rings is 1. The van der Waals surface area contributed by atoms with Crippen LogP contribution < -0.4 is 4.90 Å². The summed E-state index contributed by atoms with van der Waals surface area (Å²) in [6.07, 6.45) is 7.51. The third-order valence-corrected chi connectivity index (χ3v) is 11.9. The van der Waals surface area contributed by atoms with E-state index in [2.05, 4.69) is 68.5 Å². The van der Waals surface area contributed by atoms with Gasteiger partial charge in [-0.05, 0) is 49.4 Å². The Morgan fingerprint density at radius 3 is 2.34 bits per heavy atom. The van der Waals surface area contributed by atoms with Crippen molar-refractivity contribution in [2.75, 3.05) is 31.6 Å². The van der Waals surface area contributed by atoms with E-state index in [1.165, 1.54) is 0 Å². The van der Waals surface area contributed by atoms with Crippen LogP contribution in [-0.4, -0.2) is 62.4 Å². The van der Waals surface area contributed by atoms with E-state index in [-0.39, 0.29) is 0 Å². The maximum atomic E-state index is 9.34. The van der Waals surface area contributed by atoms with Gasteiger partial charge in [-0.3, -0.25) is 4.98 Å². The topological polar surface area (TPSA) is 88.6 Å². The normalized spacial score (nSPS) is 17.4. The molecule has 0 spiro atoms. The zero-order valence-electron chi connectivity index (χ0n) is 27.3. The number of anilines is 1. The Kier molecular flexibility index (Phi) is 10.2. The van der Waals surface area contributed by atoms with Crippen LogP contribution in [0.2, 0.25) is 51.4 Å². The molecule has 1 fully saturated rings. The average Bonchev–Trinajstić information content (AvgIpc) is 3.62. The summed E-state index contributed by atoms with van der Waals surface area (Å²) in [6, 6.07) is 17.1.